The number of nitriles is 1. The van der Waals surface area contributed by atoms with Crippen LogP contribution in [0.25, 0.3) is 5.69 Å². The van der Waals surface area contributed by atoms with Gasteiger partial charge in [-0.15, -0.1) is 5.10 Å². The second kappa shape index (κ2) is 10.9. The van der Waals surface area contributed by atoms with Crippen LogP contribution in [0.15, 0.2) is 30.7 Å². The van der Waals surface area contributed by atoms with Crippen molar-refractivity contribution in [3.63, 3.8) is 0 Å². The van der Waals surface area contributed by atoms with Crippen molar-refractivity contribution in [1.29, 1.82) is 5.26 Å². The predicted molar refractivity (Wildman–Crippen MR) is 137 cm³/mol. The Hall–Kier alpha value is -4.47. The molecule has 0 spiro atoms. The molecule has 0 radical (unpaired) electrons. The van der Waals surface area contributed by atoms with Crippen molar-refractivity contribution in [1.82, 2.24) is 30.3 Å². The average molecular weight is 524 g/mol. The normalized spacial score (nSPS) is 14.7. The maximum Gasteiger partial charge on any atom is 0.407 e. The number of aromatic nitrogens is 5. The Morgan fingerprint density at radius 2 is 2.05 bits per heavy atom. The van der Waals surface area contributed by atoms with Crippen LogP contribution < -0.4 is 20.7 Å². The Morgan fingerprint density at radius 3 is 2.66 bits per heavy atom. The summed E-state index contributed by atoms with van der Waals surface area (Å²) >= 11 is 0. The summed E-state index contributed by atoms with van der Waals surface area (Å²) in [5.74, 6) is -0.0493. The summed E-state index contributed by atoms with van der Waals surface area (Å²) < 4.78 is 27.2. The van der Waals surface area contributed by atoms with Crippen molar-refractivity contribution in [2.75, 3.05) is 17.7 Å². The van der Waals surface area contributed by atoms with E-state index in [2.05, 4.69) is 36.2 Å². The van der Waals surface area contributed by atoms with Crippen LogP contribution in [0.5, 0.6) is 5.88 Å². The number of rotatable bonds is 9. The number of alkyl carbamates (subject to hydrolysis) is 1. The lowest BCUT2D eigenvalue weighted by Gasteiger charge is -2.28. The van der Waals surface area contributed by atoms with Crippen molar-refractivity contribution >= 4 is 23.4 Å². The van der Waals surface area contributed by atoms with Crippen LogP contribution in [0.4, 0.5) is 26.5 Å². The molecule has 3 aromatic rings. The van der Waals surface area contributed by atoms with Gasteiger partial charge in [-0.25, -0.2) is 23.8 Å². The first-order chi connectivity index (χ1) is 18.1. The second-order valence-electron chi connectivity index (χ2n) is 9.99. The fourth-order valence-corrected chi connectivity index (χ4v) is 3.92. The first kappa shape index (κ1) is 26.6. The van der Waals surface area contributed by atoms with Gasteiger partial charge in [-0.3, -0.25) is 0 Å². The van der Waals surface area contributed by atoms with Crippen molar-refractivity contribution in [3.05, 3.63) is 42.1 Å². The predicted octanol–water partition coefficient (Wildman–Crippen LogP) is 3.92. The van der Waals surface area contributed by atoms with Gasteiger partial charge < -0.3 is 25.4 Å². The number of nitrogens with one attached hydrogen (secondary N) is 3. The smallest absolute Gasteiger partial charge is 0.407 e. The molecule has 3 N–H and O–H groups in total. The molecule has 4 rings (SSSR count). The minimum Gasteiger partial charge on any atom is -0.479 e. The Morgan fingerprint density at radius 1 is 1.29 bits per heavy atom. The fourth-order valence-electron chi connectivity index (χ4n) is 3.92. The Bertz CT molecular complexity index is 1330. The molecule has 1 amide bonds. The number of nitrogens with zero attached hydrogens (tertiary/aromatic N) is 6. The van der Waals surface area contributed by atoms with Gasteiger partial charge in [0, 0.05) is 6.04 Å². The molecule has 0 aromatic carbocycles. The van der Waals surface area contributed by atoms with Gasteiger partial charge in [-0.05, 0) is 58.6 Å². The summed E-state index contributed by atoms with van der Waals surface area (Å²) in [4.78, 5) is 21.0. The van der Waals surface area contributed by atoms with Crippen molar-refractivity contribution < 1.29 is 18.7 Å². The lowest BCUT2D eigenvalue weighted by molar-refractivity contribution is 0.0501. The van der Waals surface area contributed by atoms with E-state index in [9.17, 15) is 10.1 Å². The maximum atomic E-state index is 15.0. The summed E-state index contributed by atoms with van der Waals surface area (Å²) in [5, 5.41) is 26.4. The monoisotopic (exact) mass is 523 g/mol. The Labute approximate surface area is 219 Å². The van der Waals surface area contributed by atoms with Crippen LogP contribution in [0.3, 0.4) is 0 Å². The van der Waals surface area contributed by atoms with Gasteiger partial charge in [-0.2, -0.15) is 5.26 Å². The van der Waals surface area contributed by atoms with Crippen molar-refractivity contribution in [2.24, 2.45) is 5.92 Å². The topological polar surface area (TPSA) is 152 Å². The number of halogens is 1. The zero-order valence-electron chi connectivity index (χ0n) is 21.8. The van der Waals surface area contributed by atoms with Gasteiger partial charge in [0.2, 0.25) is 5.88 Å². The first-order valence-electron chi connectivity index (χ1n) is 12.1. The first-order valence-corrected chi connectivity index (χ1v) is 12.1. The van der Waals surface area contributed by atoms with E-state index in [0.717, 1.165) is 18.9 Å². The number of anilines is 3. The summed E-state index contributed by atoms with van der Waals surface area (Å²) in [6.45, 7) is 7.18. The third-order valence-corrected chi connectivity index (χ3v) is 5.77. The molecule has 38 heavy (non-hydrogen) atoms. The largest absolute Gasteiger partial charge is 0.479 e. The number of amides is 1. The number of hydrogen-bond donors (Lipinski definition) is 3. The highest BCUT2D eigenvalue weighted by atomic mass is 19.1. The van der Waals surface area contributed by atoms with Crippen LogP contribution in [0.1, 0.15) is 46.1 Å². The zero-order chi connectivity index (χ0) is 27.4. The third-order valence-electron chi connectivity index (χ3n) is 5.77. The molecule has 3 aromatic heterocycles. The van der Waals surface area contributed by atoms with Crippen LogP contribution in [0.2, 0.25) is 0 Å². The molecule has 13 heteroatoms. The number of ether oxygens (including phenoxy) is 2. The summed E-state index contributed by atoms with van der Waals surface area (Å²) in [6, 6.07) is 4.10. The molecule has 0 saturated heterocycles. The molecule has 1 aliphatic carbocycles. The molecule has 0 unspecified atom stereocenters. The molecule has 0 bridgehead atoms. The number of carbonyl (C=O) groups is 1. The van der Waals surface area contributed by atoms with E-state index in [0.29, 0.717) is 17.3 Å². The SMILES string of the molecule is COc1ncc(Nc2nc(N[C@H](C3CC3)[C@H](C)NC(=O)OC(C)(C)C)c(F)cc2C#N)cc1-n1ccnn1. The average Bonchev–Trinajstić information content (AvgIpc) is 3.54. The third kappa shape index (κ3) is 6.44. The van der Waals surface area contributed by atoms with Gasteiger partial charge in [0.25, 0.3) is 0 Å². The number of pyridine rings is 2. The van der Waals surface area contributed by atoms with E-state index in [1.165, 1.54) is 24.2 Å². The van der Waals surface area contributed by atoms with Crippen LogP contribution in [0, 0.1) is 23.1 Å². The number of methoxy groups -OCH3 is 1. The van der Waals surface area contributed by atoms with Crippen molar-refractivity contribution in [2.45, 2.75) is 58.2 Å². The Balaban J connectivity index is 1.58. The number of carbonyl (C=O) groups excluding carboxylic acids is 1. The standard InChI is InChI=1S/C25H30FN9O3/c1-14(30-24(36)38-25(2,3)4)20(15-6-7-15)32-22-18(26)10-16(12-27)21(33-22)31-17-11-19(23(37-5)28-13-17)35-9-8-29-34-35/h8-11,13-15,20H,6-7H2,1-5H3,(H,30,36)(H2,31,32,33)/t14-,20-/m0/s1. The maximum absolute atomic E-state index is 15.0. The second-order valence-corrected chi connectivity index (χ2v) is 9.99. The van der Waals surface area contributed by atoms with Gasteiger partial charge in [0.05, 0.1) is 43.0 Å². The van der Waals surface area contributed by atoms with E-state index in [1.54, 1.807) is 33.0 Å². The Kier molecular flexibility index (Phi) is 7.61. The molecule has 1 fully saturated rings. The van der Waals surface area contributed by atoms with E-state index >= 15 is 4.39 Å². The molecule has 0 aliphatic heterocycles. The van der Waals surface area contributed by atoms with Gasteiger partial charge in [-0.1, -0.05) is 5.21 Å². The van der Waals surface area contributed by atoms with Crippen LogP contribution in [-0.4, -0.2) is 55.8 Å². The lowest BCUT2D eigenvalue weighted by atomic mass is 10.0. The molecule has 3 heterocycles. The molecular formula is C25H30FN9O3. The van der Waals surface area contributed by atoms with Crippen LogP contribution >= 0.6 is 0 Å². The van der Waals surface area contributed by atoms with Gasteiger partial charge in [0.15, 0.2) is 17.5 Å². The highest BCUT2D eigenvalue weighted by Crippen LogP contribution is 2.36. The minimum absolute atomic E-state index is 0.00840. The molecule has 12 nitrogen and oxygen atoms in total. The molecule has 2 atom stereocenters. The fraction of sp³-hybridized carbons (Fsp3) is 0.440. The van der Waals surface area contributed by atoms with Crippen molar-refractivity contribution in [3.8, 4) is 17.6 Å². The van der Waals surface area contributed by atoms with E-state index < -0.39 is 17.5 Å². The lowest BCUT2D eigenvalue weighted by Crippen LogP contribution is -2.47. The molecule has 1 saturated carbocycles. The minimum atomic E-state index is -0.682. The molecule has 200 valence electrons. The number of hydrogen-bond acceptors (Lipinski definition) is 10. The highest BCUT2D eigenvalue weighted by molar-refractivity contribution is 5.69. The van der Waals surface area contributed by atoms with E-state index in [1.807, 2.05) is 13.0 Å². The summed E-state index contributed by atoms with van der Waals surface area (Å²) in [6.07, 6.45) is 5.96. The zero-order valence-corrected chi connectivity index (χ0v) is 21.8. The summed E-state index contributed by atoms with van der Waals surface area (Å²) in [7, 11) is 1.48. The van der Waals surface area contributed by atoms with Gasteiger partial charge in [0.1, 0.15) is 17.4 Å². The molecule has 1 aliphatic rings. The molecular weight excluding hydrogens is 493 g/mol. The van der Waals surface area contributed by atoms with E-state index in [4.69, 9.17) is 9.47 Å². The van der Waals surface area contributed by atoms with E-state index in [-0.39, 0.29) is 35.2 Å². The van der Waals surface area contributed by atoms with Gasteiger partial charge >= 0.3 is 6.09 Å². The van der Waals surface area contributed by atoms with Crippen LogP contribution in [-0.2, 0) is 4.74 Å². The highest BCUT2D eigenvalue weighted by Gasteiger charge is 2.37. The summed E-state index contributed by atoms with van der Waals surface area (Å²) in [5.41, 5.74) is 0.341. The quantitative estimate of drug-likeness (QED) is 0.376.